The van der Waals surface area contributed by atoms with Crippen LogP contribution in [-0.2, 0) is 4.74 Å². The minimum Gasteiger partial charge on any atom is -0.443 e. The number of hydrogen-bond donors (Lipinski definition) is 2. The van der Waals surface area contributed by atoms with Crippen LogP contribution in [-0.4, -0.2) is 36.1 Å². The lowest BCUT2D eigenvalue weighted by atomic mass is 10.1. The highest BCUT2D eigenvalue weighted by Crippen LogP contribution is 2.05. The highest BCUT2D eigenvalue weighted by molar-refractivity contribution is 5.92. The molecule has 0 saturated carbocycles. The van der Waals surface area contributed by atoms with Crippen molar-refractivity contribution in [2.45, 2.75) is 40.2 Å². The van der Waals surface area contributed by atoms with Crippen molar-refractivity contribution in [1.82, 2.24) is 10.9 Å². The largest absolute Gasteiger partial charge is 0.443 e. The summed E-state index contributed by atoms with van der Waals surface area (Å²) in [5, 5.41) is 0. The molecule has 0 radical (unpaired) electrons. The summed E-state index contributed by atoms with van der Waals surface area (Å²) in [7, 11) is 3.97. The minimum absolute atomic E-state index is 0.416. The number of hydrazine groups is 1. The Balaban J connectivity index is 4.20. The van der Waals surface area contributed by atoms with Gasteiger partial charge in [-0.1, -0.05) is 13.8 Å². The number of ether oxygens (including phenoxy) is 1. The summed E-state index contributed by atoms with van der Waals surface area (Å²) in [6.45, 7) is 9.68. The van der Waals surface area contributed by atoms with Gasteiger partial charge < -0.3 is 10.2 Å². The first kappa shape index (κ1) is 16.5. The van der Waals surface area contributed by atoms with Gasteiger partial charge in [0.2, 0.25) is 0 Å². The van der Waals surface area contributed by atoms with Gasteiger partial charge in [-0.3, -0.25) is 0 Å². The Labute approximate surface area is 110 Å². The maximum absolute atomic E-state index is 11.3. The first-order valence-electron chi connectivity index (χ1n) is 6.08. The molecule has 0 aliphatic rings. The number of carbonyl (C=O) groups is 1. The van der Waals surface area contributed by atoms with E-state index in [1.54, 1.807) is 6.20 Å². The van der Waals surface area contributed by atoms with Crippen LogP contribution in [0.4, 0.5) is 4.79 Å². The molecule has 18 heavy (non-hydrogen) atoms. The van der Waals surface area contributed by atoms with Gasteiger partial charge in [0.1, 0.15) is 19.7 Å². The lowest BCUT2D eigenvalue weighted by molar-refractivity contribution is -0.466. The molecule has 104 valence electrons. The third-order valence-electron chi connectivity index (χ3n) is 2.02. The monoisotopic (exact) mass is 256 g/mol. The van der Waals surface area contributed by atoms with E-state index in [2.05, 4.69) is 24.7 Å². The van der Waals surface area contributed by atoms with Crippen LogP contribution in [0.5, 0.6) is 0 Å². The molecular weight excluding hydrogens is 230 g/mol. The van der Waals surface area contributed by atoms with Crippen molar-refractivity contribution >= 4 is 11.8 Å². The fourth-order valence-corrected chi connectivity index (χ4v) is 1.39. The van der Waals surface area contributed by atoms with Gasteiger partial charge in [-0.05, 0) is 20.8 Å². The van der Waals surface area contributed by atoms with Gasteiger partial charge in [-0.25, -0.2) is 14.8 Å². The molecule has 0 bridgehead atoms. The van der Waals surface area contributed by atoms with E-state index in [9.17, 15) is 4.79 Å². The summed E-state index contributed by atoms with van der Waals surface area (Å²) in [6, 6.07) is 0. The van der Waals surface area contributed by atoms with E-state index in [0.29, 0.717) is 5.92 Å². The molecule has 0 atom stereocenters. The SMILES string of the molecule is CC(C)C(/C=C\NNC(=O)OC(C)(C)C)=[N+](C)C. The molecule has 0 aromatic heterocycles. The van der Waals surface area contributed by atoms with Crippen molar-refractivity contribution in [1.29, 1.82) is 0 Å². The van der Waals surface area contributed by atoms with Crippen LogP contribution in [0, 0.1) is 5.92 Å². The maximum Gasteiger partial charge on any atom is 0.426 e. The second-order valence-corrected chi connectivity index (χ2v) is 5.58. The average molecular weight is 256 g/mol. The summed E-state index contributed by atoms with van der Waals surface area (Å²) < 4.78 is 7.11. The van der Waals surface area contributed by atoms with Gasteiger partial charge in [0.15, 0.2) is 5.71 Å². The zero-order valence-corrected chi connectivity index (χ0v) is 12.5. The van der Waals surface area contributed by atoms with Gasteiger partial charge in [0, 0.05) is 18.2 Å². The molecule has 0 saturated heterocycles. The lowest BCUT2D eigenvalue weighted by Crippen LogP contribution is -2.38. The van der Waals surface area contributed by atoms with Crippen molar-refractivity contribution in [2.75, 3.05) is 14.1 Å². The first-order chi connectivity index (χ1) is 8.13. The molecule has 0 unspecified atom stereocenters. The molecule has 5 nitrogen and oxygen atoms in total. The molecule has 0 aromatic carbocycles. The van der Waals surface area contributed by atoms with Crippen LogP contribution in [0.15, 0.2) is 12.3 Å². The molecule has 0 heterocycles. The van der Waals surface area contributed by atoms with Crippen LogP contribution in [0.2, 0.25) is 0 Å². The molecule has 0 fully saturated rings. The normalized spacial score (nSPS) is 11.6. The summed E-state index contributed by atoms with van der Waals surface area (Å²) in [6.07, 6.45) is 3.10. The molecule has 0 aromatic rings. The zero-order valence-electron chi connectivity index (χ0n) is 12.5. The fraction of sp³-hybridized carbons (Fsp3) is 0.692. The number of nitrogens with one attached hydrogen (secondary N) is 2. The summed E-state index contributed by atoms with van der Waals surface area (Å²) in [5.41, 5.74) is 5.81. The van der Waals surface area contributed by atoms with Gasteiger partial charge >= 0.3 is 6.09 Å². The van der Waals surface area contributed by atoms with Crippen molar-refractivity contribution in [3.63, 3.8) is 0 Å². The van der Waals surface area contributed by atoms with Crippen molar-refractivity contribution in [2.24, 2.45) is 5.92 Å². The first-order valence-corrected chi connectivity index (χ1v) is 6.08. The third kappa shape index (κ3) is 7.70. The van der Waals surface area contributed by atoms with Gasteiger partial charge in [-0.2, -0.15) is 0 Å². The third-order valence-corrected chi connectivity index (χ3v) is 2.02. The standard InChI is InChI=1S/C13H25N3O2/c1-10(2)11(16(6)7)8-9-14-15-12(17)18-13(3,4)5/h8-10H,1-7H3,(H,15,17)/p+1. The van der Waals surface area contributed by atoms with Crippen molar-refractivity contribution < 1.29 is 14.1 Å². The molecule has 2 N–H and O–H groups in total. The Kier molecular flexibility index (Phi) is 6.44. The van der Waals surface area contributed by atoms with E-state index in [-0.39, 0.29) is 0 Å². The fourth-order valence-electron chi connectivity index (χ4n) is 1.39. The molecule has 0 aliphatic heterocycles. The molecule has 1 amide bonds. The Morgan fingerprint density at radius 2 is 1.83 bits per heavy atom. The Morgan fingerprint density at radius 3 is 2.22 bits per heavy atom. The molecular formula is C13H26N3O2+. The van der Waals surface area contributed by atoms with E-state index < -0.39 is 11.7 Å². The van der Waals surface area contributed by atoms with E-state index in [1.807, 2.05) is 45.5 Å². The van der Waals surface area contributed by atoms with E-state index in [4.69, 9.17) is 4.74 Å². The topological polar surface area (TPSA) is 53.4 Å². The number of carbonyl (C=O) groups excluding carboxylic acids is 1. The lowest BCUT2D eigenvalue weighted by Gasteiger charge is -2.19. The second-order valence-electron chi connectivity index (χ2n) is 5.58. The second kappa shape index (κ2) is 7.03. The number of amides is 1. The van der Waals surface area contributed by atoms with Gasteiger partial charge in [0.25, 0.3) is 0 Å². The highest BCUT2D eigenvalue weighted by atomic mass is 16.6. The van der Waals surface area contributed by atoms with Crippen molar-refractivity contribution in [3.05, 3.63) is 12.3 Å². The molecule has 0 aliphatic carbocycles. The number of nitrogens with zero attached hydrogens (tertiary/aromatic N) is 1. The molecule has 0 spiro atoms. The molecule has 0 rings (SSSR count). The van der Waals surface area contributed by atoms with Crippen LogP contribution in [0.25, 0.3) is 0 Å². The number of allylic oxidation sites excluding steroid dienone is 1. The maximum atomic E-state index is 11.3. The zero-order chi connectivity index (χ0) is 14.3. The van der Waals surface area contributed by atoms with Crippen molar-refractivity contribution in [3.8, 4) is 0 Å². The number of rotatable bonds is 4. The minimum atomic E-state index is -0.497. The van der Waals surface area contributed by atoms with Crippen LogP contribution in [0.3, 0.4) is 0 Å². The average Bonchev–Trinajstić information content (AvgIpc) is 2.12. The predicted molar refractivity (Wildman–Crippen MR) is 73.6 cm³/mol. The Morgan fingerprint density at radius 1 is 1.28 bits per heavy atom. The number of hydrogen-bond acceptors (Lipinski definition) is 3. The van der Waals surface area contributed by atoms with E-state index in [1.165, 1.54) is 0 Å². The highest BCUT2D eigenvalue weighted by Gasteiger charge is 2.15. The van der Waals surface area contributed by atoms with E-state index in [0.717, 1.165) is 5.71 Å². The summed E-state index contributed by atoms with van der Waals surface area (Å²) in [5.74, 6) is 0.416. The molecule has 5 heteroatoms. The van der Waals surface area contributed by atoms with Gasteiger partial charge in [0.05, 0.1) is 0 Å². The van der Waals surface area contributed by atoms with Gasteiger partial charge in [-0.15, -0.1) is 0 Å². The smallest absolute Gasteiger partial charge is 0.426 e. The van der Waals surface area contributed by atoms with Crippen LogP contribution < -0.4 is 10.9 Å². The predicted octanol–water partition coefficient (Wildman–Crippen LogP) is 1.90. The van der Waals surface area contributed by atoms with Crippen LogP contribution in [0.1, 0.15) is 34.6 Å². The summed E-state index contributed by atoms with van der Waals surface area (Å²) in [4.78, 5) is 11.3. The van der Waals surface area contributed by atoms with E-state index >= 15 is 0 Å². The Hall–Kier alpha value is -1.52. The quantitative estimate of drug-likeness (QED) is 0.459. The summed E-state index contributed by atoms with van der Waals surface area (Å²) >= 11 is 0. The van der Waals surface area contributed by atoms with Crippen LogP contribution >= 0.6 is 0 Å². The Bertz CT molecular complexity index is 335.